The SMILES string of the molecule is COc1ccc([C@H]2C[C@@H](CO)N(C(=O)OC(C)(C)C)C2)cc1. The summed E-state index contributed by atoms with van der Waals surface area (Å²) in [7, 11) is 1.64. The van der Waals surface area contributed by atoms with E-state index in [9.17, 15) is 9.90 Å². The highest BCUT2D eigenvalue weighted by Gasteiger charge is 2.37. The highest BCUT2D eigenvalue weighted by Crippen LogP contribution is 2.33. The fraction of sp³-hybridized carbons (Fsp3) is 0.588. The third-order valence-corrected chi connectivity index (χ3v) is 3.84. The van der Waals surface area contributed by atoms with Crippen LogP contribution in [-0.2, 0) is 4.74 Å². The minimum Gasteiger partial charge on any atom is -0.497 e. The van der Waals surface area contributed by atoms with Gasteiger partial charge in [0, 0.05) is 12.5 Å². The number of aliphatic hydroxyl groups is 1. The highest BCUT2D eigenvalue weighted by atomic mass is 16.6. The van der Waals surface area contributed by atoms with Crippen molar-refractivity contribution in [1.82, 2.24) is 4.90 Å². The quantitative estimate of drug-likeness (QED) is 0.933. The number of amides is 1. The molecule has 2 atom stereocenters. The summed E-state index contributed by atoms with van der Waals surface area (Å²) in [5, 5.41) is 9.56. The number of aliphatic hydroxyl groups excluding tert-OH is 1. The normalized spacial score (nSPS) is 21.8. The fourth-order valence-corrected chi connectivity index (χ4v) is 2.75. The van der Waals surface area contributed by atoms with Crippen molar-refractivity contribution >= 4 is 6.09 Å². The van der Waals surface area contributed by atoms with Gasteiger partial charge in [-0.3, -0.25) is 0 Å². The molecular weight excluding hydrogens is 282 g/mol. The Kier molecular flexibility index (Phi) is 4.96. The van der Waals surface area contributed by atoms with E-state index in [2.05, 4.69) is 0 Å². The molecular formula is C17H25NO4. The molecule has 5 heteroatoms. The molecule has 1 amide bonds. The van der Waals surface area contributed by atoms with E-state index in [1.54, 1.807) is 12.0 Å². The molecule has 0 aliphatic carbocycles. The number of ether oxygens (including phenoxy) is 2. The van der Waals surface area contributed by atoms with Crippen LogP contribution in [0.5, 0.6) is 5.75 Å². The first-order chi connectivity index (χ1) is 10.3. The second kappa shape index (κ2) is 6.57. The Hall–Kier alpha value is -1.75. The van der Waals surface area contributed by atoms with E-state index in [1.807, 2.05) is 45.0 Å². The van der Waals surface area contributed by atoms with E-state index in [4.69, 9.17) is 9.47 Å². The van der Waals surface area contributed by atoms with Crippen LogP contribution in [0.15, 0.2) is 24.3 Å². The molecule has 2 rings (SSSR count). The number of carbonyl (C=O) groups excluding carboxylic acids is 1. The van der Waals surface area contributed by atoms with Crippen LogP contribution in [0, 0.1) is 0 Å². The summed E-state index contributed by atoms with van der Waals surface area (Å²) >= 11 is 0. The molecule has 1 saturated heterocycles. The van der Waals surface area contributed by atoms with Crippen molar-refractivity contribution in [2.45, 2.75) is 44.8 Å². The first-order valence-electron chi connectivity index (χ1n) is 7.58. The number of nitrogens with zero attached hydrogens (tertiary/aromatic N) is 1. The maximum absolute atomic E-state index is 12.3. The predicted octanol–water partition coefficient (Wildman–Crippen LogP) is 2.78. The second-order valence-electron chi connectivity index (χ2n) is 6.67. The molecule has 0 bridgehead atoms. The molecule has 1 fully saturated rings. The number of methoxy groups -OCH3 is 1. The largest absolute Gasteiger partial charge is 0.497 e. The van der Waals surface area contributed by atoms with Crippen LogP contribution in [-0.4, -0.2) is 48.0 Å². The summed E-state index contributed by atoms with van der Waals surface area (Å²) in [4.78, 5) is 13.9. The van der Waals surface area contributed by atoms with Crippen molar-refractivity contribution in [1.29, 1.82) is 0 Å². The Bertz CT molecular complexity index is 506. The average molecular weight is 307 g/mol. The maximum Gasteiger partial charge on any atom is 0.410 e. The summed E-state index contributed by atoms with van der Waals surface area (Å²) in [5.74, 6) is 1.01. The van der Waals surface area contributed by atoms with Gasteiger partial charge in [-0.2, -0.15) is 0 Å². The van der Waals surface area contributed by atoms with Crippen LogP contribution in [0.4, 0.5) is 4.79 Å². The Labute approximate surface area is 131 Å². The van der Waals surface area contributed by atoms with Gasteiger partial charge in [0.1, 0.15) is 11.4 Å². The van der Waals surface area contributed by atoms with E-state index in [1.165, 1.54) is 0 Å². The Morgan fingerprint density at radius 1 is 1.32 bits per heavy atom. The second-order valence-corrected chi connectivity index (χ2v) is 6.67. The number of carbonyl (C=O) groups is 1. The molecule has 1 aliphatic rings. The van der Waals surface area contributed by atoms with Crippen molar-refractivity contribution in [3.05, 3.63) is 29.8 Å². The molecule has 1 N–H and O–H groups in total. The fourth-order valence-electron chi connectivity index (χ4n) is 2.75. The van der Waals surface area contributed by atoms with Crippen LogP contribution in [0.2, 0.25) is 0 Å². The number of benzene rings is 1. The number of rotatable bonds is 3. The van der Waals surface area contributed by atoms with Crippen molar-refractivity contribution in [3.63, 3.8) is 0 Å². The van der Waals surface area contributed by atoms with Crippen LogP contribution >= 0.6 is 0 Å². The standard InChI is InChI=1S/C17H25NO4/c1-17(2,3)22-16(20)18-10-13(9-14(18)11-19)12-5-7-15(21-4)8-6-12/h5-8,13-14,19H,9-11H2,1-4H3/t13-,14-/m0/s1. The van der Waals surface area contributed by atoms with Crippen LogP contribution in [0.25, 0.3) is 0 Å². The van der Waals surface area contributed by atoms with Gasteiger partial charge >= 0.3 is 6.09 Å². The summed E-state index contributed by atoms with van der Waals surface area (Å²) in [5.41, 5.74) is 0.611. The average Bonchev–Trinajstić information content (AvgIpc) is 2.90. The van der Waals surface area contributed by atoms with Gasteiger partial charge in [0.05, 0.1) is 19.8 Å². The van der Waals surface area contributed by atoms with Crippen LogP contribution in [0.3, 0.4) is 0 Å². The van der Waals surface area contributed by atoms with Gasteiger partial charge in [-0.05, 0) is 44.9 Å². The predicted molar refractivity (Wildman–Crippen MR) is 84.2 cm³/mol. The maximum atomic E-state index is 12.3. The number of hydrogen-bond acceptors (Lipinski definition) is 4. The molecule has 1 aromatic carbocycles. The molecule has 1 heterocycles. The van der Waals surface area contributed by atoms with Crippen molar-refractivity contribution in [3.8, 4) is 5.75 Å². The summed E-state index contributed by atoms with van der Waals surface area (Å²) in [6.07, 6.45) is 0.379. The van der Waals surface area contributed by atoms with Crippen molar-refractivity contribution in [2.24, 2.45) is 0 Å². The van der Waals surface area contributed by atoms with Crippen LogP contribution < -0.4 is 4.74 Å². The van der Waals surface area contributed by atoms with E-state index in [0.29, 0.717) is 6.54 Å². The summed E-state index contributed by atoms with van der Waals surface area (Å²) in [6.45, 7) is 6.04. The monoisotopic (exact) mass is 307 g/mol. The highest BCUT2D eigenvalue weighted by molar-refractivity contribution is 5.69. The molecule has 1 aliphatic heterocycles. The molecule has 0 spiro atoms. The lowest BCUT2D eigenvalue weighted by Crippen LogP contribution is -2.41. The molecule has 5 nitrogen and oxygen atoms in total. The minimum absolute atomic E-state index is 0.0497. The number of hydrogen-bond donors (Lipinski definition) is 1. The lowest BCUT2D eigenvalue weighted by atomic mass is 9.96. The summed E-state index contributed by atoms with van der Waals surface area (Å²) < 4.78 is 10.6. The molecule has 0 radical (unpaired) electrons. The molecule has 0 unspecified atom stereocenters. The van der Waals surface area contributed by atoms with Gasteiger partial charge in [-0.25, -0.2) is 4.79 Å². The summed E-state index contributed by atoms with van der Waals surface area (Å²) in [6, 6.07) is 7.66. The van der Waals surface area contributed by atoms with E-state index in [-0.39, 0.29) is 24.7 Å². The molecule has 1 aromatic rings. The van der Waals surface area contributed by atoms with E-state index < -0.39 is 5.60 Å². The zero-order chi connectivity index (χ0) is 16.3. The molecule has 0 saturated carbocycles. The Morgan fingerprint density at radius 2 is 1.95 bits per heavy atom. The van der Waals surface area contributed by atoms with Gasteiger partial charge in [0.25, 0.3) is 0 Å². The van der Waals surface area contributed by atoms with Crippen LogP contribution in [0.1, 0.15) is 38.7 Å². The first-order valence-corrected chi connectivity index (χ1v) is 7.58. The molecule has 0 aromatic heterocycles. The van der Waals surface area contributed by atoms with Gasteiger partial charge in [0.2, 0.25) is 0 Å². The zero-order valence-electron chi connectivity index (χ0n) is 13.7. The first kappa shape index (κ1) is 16.6. The smallest absolute Gasteiger partial charge is 0.410 e. The van der Waals surface area contributed by atoms with Crippen molar-refractivity contribution in [2.75, 3.05) is 20.3 Å². The van der Waals surface area contributed by atoms with E-state index in [0.717, 1.165) is 17.7 Å². The zero-order valence-corrected chi connectivity index (χ0v) is 13.7. The number of likely N-dealkylation sites (tertiary alicyclic amines) is 1. The molecule has 22 heavy (non-hydrogen) atoms. The molecule has 122 valence electrons. The minimum atomic E-state index is -0.532. The Balaban J connectivity index is 2.09. The van der Waals surface area contributed by atoms with Crippen molar-refractivity contribution < 1.29 is 19.4 Å². The third-order valence-electron chi connectivity index (χ3n) is 3.84. The van der Waals surface area contributed by atoms with Gasteiger partial charge < -0.3 is 19.5 Å². The van der Waals surface area contributed by atoms with E-state index >= 15 is 0 Å². The third kappa shape index (κ3) is 3.91. The Morgan fingerprint density at radius 3 is 2.45 bits per heavy atom. The van der Waals surface area contributed by atoms with Gasteiger partial charge in [-0.1, -0.05) is 12.1 Å². The topological polar surface area (TPSA) is 59.0 Å². The lowest BCUT2D eigenvalue weighted by Gasteiger charge is -2.27. The van der Waals surface area contributed by atoms with Gasteiger partial charge in [-0.15, -0.1) is 0 Å². The van der Waals surface area contributed by atoms with Gasteiger partial charge in [0.15, 0.2) is 0 Å². The lowest BCUT2D eigenvalue weighted by molar-refractivity contribution is 0.0174.